The Bertz CT molecular complexity index is 1040. The van der Waals surface area contributed by atoms with Crippen LogP contribution in [-0.4, -0.2) is 37.6 Å². The Kier molecular flexibility index (Phi) is 8.71. The van der Waals surface area contributed by atoms with Gasteiger partial charge in [-0.3, -0.25) is 9.59 Å². The molecule has 0 fully saturated rings. The van der Waals surface area contributed by atoms with Crippen LogP contribution in [0.15, 0.2) is 78.9 Å². The molecule has 2 amide bonds. The first-order valence-electron chi connectivity index (χ1n) is 10.8. The molecule has 0 aliphatic rings. The van der Waals surface area contributed by atoms with Crippen molar-refractivity contribution in [2.24, 2.45) is 0 Å². The summed E-state index contributed by atoms with van der Waals surface area (Å²) in [5.74, 6) is 1.12. The van der Waals surface area contributed by atoms with Gasteiger partial charge in [0.25, 0.3) is 5.91 Å². The number of ether oxygens (including phenoxy) is 2. The largest absolute Gasteiger partial charge is 0.490 e. The lowest BCUT2D eigenvalue weighted by molar-refractivity contribution is -0.114. The van der Waals surface area contributed by atoms with Crippen LogP contribution in [0, 0.1) is 0 Å². The Morgan fingerprint density at radius 3 is 2.15 bits per heavy atom. The zero-order chi connectivity index (χ0) is 23.5. The van der Waals surface area contributed by atoms with Crippen molar-refractivity contribution in [3.63, 3.8) is 0 Å². The lowest BCUT2D eigenvalue weighted by atomic mass is 10.2. The van der Waals surface area contributed by atoms with Crippen molar-refractivity contribution in [2.75, 3.05) is 30.4 Å². The van der Waals surface area contributed by atoms with Gasteiger partial charge in [-0.05, 0) is 62.4 Å². The Morgan fingerprint density at radius 2 is 1.45 bits per heavy atom. The number of rotatable bonds is 11. The first-order chi connectivity index (χ1) is 16.0. The fourth-order valence-electron chi connectivity index (χ4n) is 2.97. The molecule has 7 nitrogen and oxygen atoms in total. The summed E-state index contributed by atoms with van der Waals surface area (Å²) < 4.78 is 11.3. The molecule has 0 heterocycles. The fraction of sp³-hybridized carbons (Fsp3) is 0.231. The van der Waals surface area contributed by atoms with Crippen LogP contribution >= 0.6 is 0 Å². The number of hydrogen-bond donors (Lipinski definition) is 3. The first-order valence-corrected chi connectivity index (χ1v) is 10.8. The van der Waals surface area contributed by atoms with E-state index in [1.54, 1.807) is 36.4 Å². The molecule has 0 atom stereocenters. The van der Waals surface area contributed by atoms with Crippen LogP contribution < -0.4 is 25.4 Å². The van der Waals surface area contributed by atoms with Crippen LogP contribution in [0.1, 0.15) is 24.2 Å². The number of para-hydroxylation sites is 1. The van der Waals surface area contributed by atoms with E-state index in [2.05, 4.69) is 16.0 Å². The highest BCUT2D eigenvalue weighted by Gasteiger charge is 2.08. The Balaban J connectivity index is 1.41. The van der Waals surface area contributed by atoms with Crippen molar-refractivity contribution in [3.8, 4) is 11.5 Å². The maximum absolute atomic E-state index is 12.3. The summed E-state index contributed by atoms with van der Waals surface area (Å²) in [6.07, 6.45) is 0. The van der Waals surface area contributed by atoms with Gasteiger partial charge in [0, 0.05) is 29.0 Å². The average Bonchev–Trinajstić information content (AvgIpc) is 2.81. The van der Waals surface area contributed by atoms with Crippen LogP contribution in [-0.2, 0) is 4.79 Å². The highest BCUT2D eigenvalue weighted by atomic mass is 16.5. The summed E-state index contributed by atoms with van der Waals surface area (Å²) in [7, 11) is 0. The van der Waals surface area contributed by atoms with E-state index in [4.69, 9.17) is 9.47 Å². The molecule has 0 spiro atoms. The average molecular weight is 448 g/mol. The summed E-state index contributed by atoms with van der Waals surface area (Å²) in [6, 6.07) is 23.8. The second-order valence-electron chi connectivity index (χ2n) is 7.65. The van der Waals surface area contributed by atoms with Crippen molar-refractivity contribution in [1.82, 2.24) is 5.32 Å². The van der Waals surface area contributed by atoms with Gasteiger partial charge in [0.05, 0.1) is 6.54 Å². The maximum Gasteiger partial charge on any atom is 0.251 e. The Hall–Kier alpha value is -4.00. The normalized spacial score (nSPS) is 10.4. The summed E-state index contributed by atoms with van der Waals surface area (Å²) in [5.41, 5.74) is 1.97. The SMILES string of the molecule is CC(C)NC(=O)c1ccc(NCC(=O)Nc2cccc(OCCOc3ccccc3)c2)cc1. The van der Waals surface area contributed by atoms with Crippen LogP contribution in [0.4, 0.5) is 11.4 Å². The number of hydrogen-bond acceptors (Lipinski definition) is 5. The summed E-state index contributed by atoms with van der Waals surface area (Å²) in [4.78, 5) is 24.3. The minimum absolute atomic E-state index is 0.0746. The molecule has 0 saturated heterocycles. The van der Waals surface area contributed by atoms with E-state index < -0.39 is 0 Å². The second kappa shape index (κ2) is 12.1. The minimum Gasteiger partial charge on any atom is -0.490 e. The van der Waals surface area contributed by atoms with Gasteiger partial charge in [-0.25, -0.2) is 0 Å². The summed E-state index contributed by atoms with van der Waals surface area (Å²) >= 11 is 0. The van der Waals surface area contributed by atoms with Crippen molar-refractivity contribution in [3.05, 3.63) is 84.4 Å². The molecular formula is C26H29N3O4. The molecule has 0 aliphatic heterocycles. The highest BCUT2D eigenvalue weighted by Crippen LogP contribution is 2.18. The van der Waals surface area contributed by atoms with E-state index in [-0.39, 0.29) is 24.4 Å². The van der Waals surface area contributed by atoms with E-state index in [0.717, 1.165) is 11.4 Å². The predicted octanol–water partition coefficient (Wildman–Crippen LogP) is 4.33. The standard InChI is InChI=1S/C26H29N3O4/c1-19(2)28-26(31)20-11-13-21(14-12-20)27-18-25(30)29-22-7-6-10-24(17-22)33-16-15-32-23-8-4-3-5-9-23/h3-14,17,19,27H,15-16,18H2,1-2H3,(H,28,31)(H,29,30). The minimum atomic E-state index is -0.193. The third-order valence-corrected chi connectivity index (χ3v) is 4.50. The van der Waals surface area contributed by atoms with Gasteiger partial charge in [-0.2, -0.15) is 0 Å². The molecule has 3 rings (SSSR count). The van der Waals surface area contributed by atoms with Gasteiger partial charge in [0.1, 0.15) is 24.7 Å². The van der Waals surface area contributed by atoms with Crippen LogP contribution in [0.5, 0.6) is 11.5 Å². The first kappa shape index (κ1) is 23.7. The molecule has 3 aromatic rings. The lowest BCUT2D eigenvalue weighted by Gasteiger charge is -2.11. The van der Waals surface area contributed by atoms with Crippen LogP contribution in [0.25, 0.3) is 0 Å². The fourth-order valence-corrected chi connectivity index (χ4v) is 2.97. The number of carbonyl (C=O) groups is 2. The van der Waals surface area contributed by atoms with Gasteiger partial charge < -0.3 is 25.4 Å². The van der Waals surface area contributed by atoms with Gasteiger partial charge in [-0.1, -0.05) is 24.3 Å². The molecular weight excluding hydrogens is 418 g/mol. The molecule has 0 aliphatic carbocycles. The Labute approximate surface area is 194 Å². The zero-order valence-corrected chi connectivity index (χ0v) is 18.8. The molecule has 0 saturated carbocycles. The number of carbonyl (C=O) groups excluding carboxylic acids is 2. The van der Waals surface area contributed by atoms with E-state index in [1.165, 1.54) is 0 Å². The highest BCUT2D eigenvalue weighted by molar-refractivity contribution is 5.95. The van der Waals surface area contributed by atoms with Crippen LogP contribution in [0.2, 0.25) is 0 Å². The maximum atomic E-state index is 12.3. The van der Waals surface area contributed by atoms with E-state index in [9.17, 15) is 9.59 Å². The second-order valence-corrected chi connectivity index (χ2v) is 7.65. The predicted molar refractivity (Wildman–Crippen MR) is 130 cm³/mol. The molecule has 33 heavy (non-hydrogen) atoms. The zero-order valence-electron chi connectivity index (χ0n) is 18.8. The van der Waals surface area contributed by atoms with E-state index >= 15 is 0 Å². The van der Waals surface area contributed by atoms with E-state index in [1.807, 2.05) is 56.3 Å². The number of anilines is 2. The summed E-state index contributed by atoms with van der Waals surface area (Å²) in [6.45, 7) is 4.72. The number of amides is 2. The smallest absolute Gasteiger partial charge is 0.251 e. The van der Waals surface area contributed by atoms with Crippen LogP contribution in [0.3, 0.4) is 0 Å². The van der Waals surface area contributed by atoms with Crippen molar-refractivity contribution >= 4 is 23.2 Å². The molecule has 3 N–H and O–H groups in total. The number of nitrogens with one attached hydrogen (secondary N) is 3. The van der Waals surface area contributed by atoms with Gasteiger partial charge in [0.2, 0.25) is 5.91 Å². The molecule has 0 unspecified atom stereocenters. The monoisotopic (exact) mass is 447 g/mol. The van der Waals surface area contributed by atoms with Gasteiger partial charge in [0.15, 0.2) is 0 Å². The van der Waals surface area contributed by atoms with Gasteiger partial charge >= 0.3 is 0 Å². The molecule has 7 heteroatoms. The molecule has 0 radical (unpaired) electrons. The third kappa shape index (κ3) is 8.22. The van der Waals surface area contributed by atoms with Crippen molar-refractivity contribution in [1.29, 1.82) is 0 Å². The quantitative estimate of drug-likeness (QED) is 0.381. The lowest BCUT2D eigenvalue weighted by Crippen LogP contribution is -2.30. The van der Waals surface area contributed by atoms with E-state index in [0.29, 0.717) is 30.2 Å². The topological polar surface area (TPSA) is 88.7 Å². The Morgan fingerprint density at radius 1 is 0.788 bits per heavy atom. The number of benzene rings is 3. The molecule has 3 aromatic carbocycles. The third-order valence-electron chi connectivity index (χ3n) is 4.50. The van der Waals surface area contributed by atoms with Crippen molar-refractivity contribution < 1.29 is 19.1 Å². The molecule has 0 bridgehead atoms. The summed E-state index contributed by atoms with van der Waals surface area (Å²) in [5, 5.41) is 8.74. The molecule has 172 valence electrons. The van der Waals surface area contributed by atoms with Crippen molar-refractivity contribution in [2.45, 2.75) is 19.9 Å². The molecule has 0 aromatic heterocycles. The van der Waals surface area contributed by atoms with Gasteiger partial charge in [-0.15, -0.1) is 0 Å².